The quantitative estimate of drug-likeness (QED) is 0.216. The Labute approximate surface area is 308 Å². The van der Waals surface area contributed by atoms with Crippen molar-refractivity contribution in [1.29, 1.82) is 0 Å². The van der Waals surface area contributed by atoms with Crippen LogP contribution in [0.25, 0.3) is 43.3 Å². The van der Waals surface area contributed by atoms with Gasteiger partial charge in [-0.05, 0) is 73.9 Å². The third-order valence-electron chi connectivity index (χ3n) is 10.8. The van der Waals surface area contributed by atoms with Gasteiger partial charge >= 0.3 is 5.69 Å². The standard InChI is InChI=1S/C39H39N9O4S/c1-22-21-41-35-34-25-4-5-26(43-27(25)6-9-31(34)53-36(35)38(51)42-22)24-11-13-40-32(20-24)47-17-15-46(16-18-47)14-12-23-3-7-28-30(19-23)45(2)39(52)48(28)29-8-10-33(49)44-37(29)50/h3-7,9,11,13,19-20,22,29,41H,8,10,12,14-18,21H2,1-2H3,(H,42,51)(H,44,49,50)/t22-,29?/m1/s1. The molecule has 0 radical (unpaired) electrons. The first-order valence-corrected chi connectivity index (χ1v) is 18.9. The van der Waals surface area contributed by atoms with Gasteiger partial charge in [0.1, 0.15) is 16.7 Å². The maximum Gasteiger partial charge on any atom is 0.329 e. The Bertz CT molecular complexity index is 2530. The van der Waals surface area contributed by atoms with Crippen LogP contribution in [0.4, 0.5) is 11.5 Å². The van der Waals surface area contributed by atoms with Crippen LogP contribution in [0.1, 0.15) is 41.0 Å². The van der Waals surface area contributed by atoms with Gasteiger partial charge in [-0.2, -0.15) is 0 Å². The van der Waals surface area contributed by atoms with Gasteiger partial charge in [-0.3, -0.25) is 33.7 Å². The second kappa shape index (κ2) is 13.1. The number of carbonyl (C=O) groups is 3. The molecule has 3 N–H and O–H groups in total. The molecule has 2 aromatic carbocycles. The number of aryl methyl sites for hydroxylation is 1. The molecule has 6 aromatic rings. The molecule has 0 spiro atoms. The molecule has 13 nitrogen and oxygen atoms in total. The minimum absolute atomic E-state index is 0.0333. The SMILES string of the molecule is C[C@@H]1CNc2c(sc3ccc4nc(-c5ccnc(N6CCN(CCc7ccc8c(c7)n(C)c(=O)n8C7CCC(=O)NC7=O)CC6)c5)ccc4c23)C(=O)N1. The summed E-state index contributed by atoms with van der Waals surface area (Å²) in [5, 5.41) is 11.0. The molecule has 2 fully saturated rings. The molecule has 53 heavy (non-hydrogen) atoms. The number of thiophene rings is 1. The fourth-order valence-electron chi connectivity index (χ4n) is 7.92. The van der Waals surface area contributed by atoms with Crippen molar-refractivity contribution in [3.8, 4) is 11.3 Å². The molecular weight excluding hydrogens is 691 g/mol. The van der Waals surface area contributed by atoms with E-state index in [4.69, 9.17) is 9.97 Å². The highest BCUT2D eigenvalue weighted by Gasteiger charge is 2.31. The van der Waals surface area contributed by atoms with E-state index in [2.05, 4.69) is 50.0 Å². The van der Waals surface area contributed by atoms with Crippen molar-refractivity contribution in [3.63, 3.8) is 0 Å². The number of nitrogens with zero attached hydrogens (tertiary/aromatic N) is 6. The molecule has 4 aromatic heterocycles. The number of fused-ring (bicyclic) bond motifs is 6. The number of piperidine rings is 1. The molecule has 2 saturated heterocycles. The molecule has 2 atom stereocenters. The zero-order chi connectivity index (χ0) is 36.4. The first-order valence-electron chi connectivity index (χ1n) is 18.1. The summed E-state index contributed by atoms with van der Waals surface area (Å²) >= 11 is 1.51. The fraction of sp³-hybridized carbons (Fsp3) is 0.333. The number of aromatic nitrogens is 4. The van der Waals surface area contributed by atoms with Crippen molar-refractivity contribution in [2.45, 2.75) is 38.3 Å². The zero-order valence-corrected chi connectivity index (χ0v) is 30.3. The molecule has 0 aliphatic carbocycles. The minimum Gasteiger partial charge on any atom is -0.381 e. The third kappa shape index (κ3) is 5.91. The Hall–Kier alpha value is -5.60. The topological polar surface area (TPSA) is 146 Å². The predicted molar refractivity (Wildman–Crippen MR) is 207 cm³/mol. The second-order valence-electron chi connectivity index (χ2n) is 14.2. The van der Waals surface area contributed by atoms with E-state index in [1.807, 2.05) is 43.5 Å². The number of nitrogens with one attached hydrogen (secondary N) is 3. The van der Waals surface area contributed by atoms with Crippen LogP contribution in [-0.4, -0.2) is 87.0 Å². The number of pyridine rings is 2. The normalized spacial score (nSPS) is 19.7. The van der Waals surface area contributed by atoms with Crippen molar-refractivity contribution in [3.05, 3.63) is 81.7 Å². The molecule has 0 saturated carbocycles. The maximum atomic E-state index is 13.2. The third-order valence-corrected chi connectivity index (χ3v) is 12.0. The number of imidazole rings is 1. The molecule has 14 heteroatoms. The second-order valence-corrected chi connectivity index (χ2v) is 15.3. The first kappa shape index (κ1) is 33.3. The molecule has 3 aliphatic rings. The minimum atomic E-state index is -0.688. The van der Waals surface area contributed by atoms with Gasteiger partial charge in [0.2, 0.25) is 11.8 Å². The van der Waals surface area contributed by atoms with Crippen LogP contribution in [-0.2, 0) is 23.1 Å². The van der Waals surface area contributed by atoms with E-state index < -0.39 is 11.9 Å². The van der Waals surface area contributed by atoms with Crippen LogP contribution in [0.5, 0.6) is 0 Å². The number of hydrogen-bond donors (Lipinski definition) is 3. The van der Waals surface area contributed by atoms with Crippen LogP contribution in [0.2, 0.25) is 0 Å². The fourth-order valence-corrected chi connectivity index (χ4v) is 9.02. The zero-order valence-electron chi connectivity index (χ0n) is 29.5. The largest absolute Gasteiger partial charge is 0.381 e. The number of benzene rings is 2. The number of amides is 3. The molecule has 3 aliphatic heterocycles. The summed E-state index contributed by atoms with van der Waals surface area (Å²) in [5.41, 5.74) is 6.02. The van der Waals surface area contributed by atoms with Crippen LogP contribution in [0.15, 0.2) is 65.6 Å². The van der Waals surface area contributed by atoms with Crippen LogP contribution in [0.3, 0.4) is 0 Å². The average Bonchev–Trinajstić information content (AvgIpc) is 3.62. The van der Waals surface area contributed by atoms with Gasteiger partial charge in [0.25, 0.3) is 5.91 Å². The molecule has 0 bridgehead atoms. The highest BCUT2D eigenvalue weighted by atomic mass is 32.1. The van der Waals surface area contributed by atoms with Crippen LogP contribution < -0.4 is 26.5 Å². The molecule has 9 rings (SSSR count). The van der Waals surface area contributed by atoms with Crippen molar-refractivity contribution in [2.75, 3.05) is 49.5 Å². The van der Waals surface area contributed by atoms with Gasteiger partial charge < -0.3 is 15.5 Å². The van der Waals surface area contributed by atoms with E-state index in [0.29, 0.717) is 23.4 Å². The summed E-state index contributed by atoms with van der Waals surface area (Å²) in [4.78, 5) is 65.5. The van der Waals surface area contributed by atoms with Crippen molar-refractivity contribution in [2.24, 2.45) is 7.05 Å². The number of rotatable bonds is 6. The monoisotopic (exact) mass is 729 g/mol. The Morgan fingerprint density at radius 3 is 2.62 bits per heavy atom. The van der Waals surface area contributed by atoms with E-state index in [-0.39, 0.29) is 30.0 Å². The Morgan fingerprint density at radius 1 is 0.943 bits per heavy atom. The number of anilines is 2. The molecule has 3 amide bonds. The van der Waals surface area contributed by atoms with E-state index >= 15 is 0 Å². The Kier molecular flexibility index (Phi) is 8.23. The number of piperazine rings is 1. The highest BCUT2D eigenvalue weighted by molar-refractivity contribution is 7.21. The van der Waals surface area contributed by atoms with Crippen LogP contribution in [0, 0.1) is 0 Å². The van der Waals surface area contributed by atoms with Gasteiger partial charge in [-0.15, -0.1) is 11.3 Å². The summed E-state index contributed by atoms with van der Waals surface area (Å²) in [6.45, 7) is 7.06. The van der Waals surface area contributed by atoms with E-state index in [0.717, 1.165) is 94.0 Å². The van der Waals surface area contributed by atoms with Crippen molar-refractivity contribution >= 4 is 72.6 Å². The van der Waals surface area contributed by atoms with Crippen molar-refractivity contribution < 1.29 is 14.4 Å². The van der Waals surface area contributed by atoms with E-state index in [1.165, 1.54) is 15.9 Å². The summed E-state index contributed by atoms with van der Waals surface area (Å²) in [6.07, 6.45) is 3.22. The molecule has 1 unspecified atom stereocenters. The lowest BCUT2D eigenvalue weighted by molar-refractivity contribution is -0.135. The summed E-state index contributed by atoms with van der Waals surface area (Å²) in [5.74, 6) is 0.171. The highest BCUT2D eigenvalue weighted by Crippen LogP contribution is 2.41. The van der Waals surface area contributed by atoms with E-state index in [1.54, 1.807) is 11.6 Å². The Balaban J connectivity index is 0.868. The summed E-state index contributed by atoms with van der Waals surface area (Å²) < 4.78 is 4.17. The van der Waals surface area contributed by atoms with Gasteiger partial charge in [0, 0.05) is 86.0 Å². The summed E-state index contributed by atoms with van der Waals surface area (Å²) in [6, 6.07) is 17.7. The Morgan fingerprint density at radius 2 is 1.79 bits per heavy atom. The number of hydrogen-bond acceptors (Lipinski definition) is 10. The summed E-state index contributed by atoms with van der Waals surface area (Å²) in [7, 11) is 1.73. The number of imide groups is 1. The smallest absolute Gasteiger partial charge is 0.329 e. The molecule has 270 valence electrons. The van der Waals surface area contributed by atoms with Gasteiger partial charge in [0.15, 0.2) is 0 Å². The average molecular weight is 730 g/mol. The van der Waals surface area contributed by atoms with E-state index in [9.17, 15) is 19.2 Å². The van der Waals surface area contributed by atoms with Gasteiger partial charge in [0.05, 0.1) is 27.9 Å². The van der Waals surface area contributed by atoms with Crippen molar-refractivity contribution in [1.82, 2.24) is 34.6 Å². The number of carbonyl (C=O) groups excluding carboxylic acids is 3. The molecular formula is C39H39N9O4S. The lowest BCUT2D eigenvalue weighted by Gasteiger charge is -2.35. The van der Waals surface area contributed by atoms with Gasteiger partial charge in [-0.25, -0.2) is 14.8 Å². The lowest BCUT2D eigenvalue weighted by atomic mass is 10.1. The predicted octanol–water partition coefficient (Wildman–Crippen LogP) is 4.05. The van der Waals surface area contributed by atoms with Gasteiger partial charge in [-0.1, -0.05) is 6.07 Å². The lowest BCUT2D eigenvalue weighted by Crippen LogP contribution is -2.47. The maximum absolute atomic E-state index is 13.2. The first-order chi connectivity index (χ1) is 25.7. The molecule has 7 heterocycles. The van der Waals surface area contributed by atoms with Crippen LogP contribution >= 0.6 is 11.3 Å².